The molecule has 0 heterocycles. The van der Waals surface area contributed by atoms with Gasteiger partial charge in [0.05, 0.1) is 10.5 Å². The first-order valence-corrected chi connectivity index (χ1v) is 9.43. The third-order valence-corrected chi connectivity index (χ3v) is 7.21. The van der Waals surface area contributed by atoms with Gasteiger partial charge in [-0.05, 0) is 52.4 Å². The summed E-state index contributed by atoms with van der Waals surface area (Å²) >= 11 is 1.60. The maximum absolute atomic E-state index is 12.0. The fraction of sp³-hybridized carbons (Fsp3) is 0.600. The minimum Gasteiger partial charge on any atom is -0.313 e. The summed E-state index contributed by atoms with van der Waals surface area (Å²) in [5.41, 5.74) is 1.22. The van der Waals surface area contributed by atoms with Crippen LogP contribution in [0.15, 0.2) is 29.2 Å². The molecule has 1 rings (SSSR count). The first kappa shape index (κ1) is 17.5. The topological polar surface area (TPSA) is 46.2 Å². The lowest BCUT2D eigenvalue weighted by atomic mass is 10.1. The van der Waals surface area contributed by atoms with Crippen molar-refractivity contribution in [2.24, 2.45) is 0 Å². The van der Waals surface area contributed by atoms with Crippen molar-refractivity contribution in [3.63, 3.8) is 0 Å². The minimum absolute atomic E-state index is 0.215. The Morgan fingerprint density at radius 1 is 1.30 bits per heavy atom. The molecule has 0 saturated carbocycles. The molecule has 0 spiro atoms. The van der Waals surface area contributed by atoms with Crippen molar-refractivity contribution in [1.29, 1.82) is 0 Å². The highest BCUT2D eigenvalue weighted by Crippen LogP contribution is 2.24. The van der Waals surface area contributed by atoms with Crippen molar-refractivity contribution >= 4 is 21.6 Å². The van der Waals surface area contributed by atoms with Crippen molar-refractivity contribution in [3.8, 4) is 0 Å². The predicted molar refractivity (Wildman–Crippen MR) is 88.2 cm³/mol. The monoisotopic (exact) mass is 315 g/mol. The predicted octanol–water partition coefficient (Wildman–Crippen LogP) is 3.27. The standard InChI is InChI=1S/C15H25NO2S2/c1-12(16-5)13-7-6-8-14(11-13)19-9-10-20(17,18)15(2,3)4/h6-8,11-12,16H,9-10H2,1-5H3. The maximum Gasteiger partial charge on any atom is 0.156 e. The van der Waals surface area contributed by atoms with Gasteiger partial charge in [0.15, 0.2) is 9.84 Å². The van der Waals surface area contributed by atoms with Crippen LogP contribution in [-0.4, -0.2) is 31.7 Å². The van der Waals surface area contributed by atoms with E-state index in [0.717, 1.165) is 4.90 Å². The molecule has 114 valence electrons. The van der Waals surface area contributed by atoms with Crippen molar-refractivity contribution < 1.29 is 8.42 Å². The highest BCUT2D eigenvalue weighted by Gasteiger charge is 2.28. The number of sulfone groups is 1. The molecule has 1 atom stereocenters. The van der Waals surface area contributed by atoms with E-state index in [0.29, 0.717) is 11.8 Å². The van der Waals surface area contributed by atoms with Gasteiger partial charge >= 0.3 is 0 Å². The molecule has 5 heteroatoms. The van der Waals surface area contributed by atoms with Crippen LogP contribution in [0.3, 0.4) is 0 Å². The van der Waals surface area contributed by atoms with Crippen LogP contribution in [-0.2, 0) is 9.84 Å². The largest absolute Gasteiger partial charge is 0.313 e. The van der Waals surface area contributed by atoms with Crippen LogP contribution in [0, 0.1) is 0 Å². The van der Waals surface area contributed by atoms with Crippen molar-refractivity contribution in [3.05, 3.63) is 29.8 Å². The zero-order valence-corrected chi connectivity index (χ0v) is 14.6. The summed E-state index contributed by atoms with van der Waals surface area (Å²) in [5, 5.41) is 3.20. The molecule has 0 amide bonds. The Hall–Kier alpha value is -0.520. The summed E-state index contributed by atoms with van der Waals surface area (Å²) in [4.78, 5) is 1.12. The second-order valence-electron chi connectivity index (χ2n) is 5.86. The molecule has 0 aromatic heterocycles. The van der Waals surface area contributed by atoms with E-state index in [1.807, 2.05) is 19.2 Å². The van der Waals surface area contributed by atoms with Crippen LogP contribution >= 0.6 is 11.8 Å². The average Bonchev–Trinajstić information content (AvgIpc) is 2.36. The van der Waals surface area contributed by atoms with Gasteiger partial charge < -0.3 is 5.32 Å². The molecule has 3 nitrogen and oxygen atoms in total. The average molecular weight is 316 g/mol. The SMILES string of the molecule is CNC(C)c1cccc(SCCS(=O)(=O)C(C)(C)C)c1. The summed E-state index contributed by atoms with van der Waals surface area (Å²) in [6.45, 7) is 7.36. The van der Waals surface area contributed by atoms with E-state index in [2.05, 4.69) is 24.4 Å². The van der Waals surface area contributed by atoms with E-state index < -0.39 is 14.6 Å². The van der Waals surface area contributed by atoms with E-state index in [-0.39, 0.29) is 5.75 Å². The Balaban J connectivity index is 2.64. The molecule has 0 saturated heterocycles. The zero-order chi connectivity index (χ0) is 15.4. The first-order valence-electron chi connectivity index (χ1n) is 6.79. The normalized spacial score (nSPS) is 14.2. The molecule has 1 aromatic rings. The fourth-order valence-corrected chi connectivity index (χ4v) is 4.07. The highest BCUT2D eigenvalue weighted by atomic mass is 32.2. The Morgan fingerprint density at radius 2 is 1.95 bits per heavy atom. The molecule has 20 heavy (non-hydrogen) atoms. The van der Waals surface area contributed by atoms with Crippen LogP contribution in [0.25, 0.3) is 0 Å². The lowest BCUT2D eigenvalue weighted by Crippen LogP contribution is -2.31. The molecular formula is C15H25NO2S2. The van der Waals surface area contributed by atoms with Crippen molar-refractivity contribution in [2.75, 3.05) is 18.6 Å². The zero-order valence-electron chi connectivity index (χ0n) is 12.9. The quantitative estimate of drug-likeness (QED) is 0.818. The lowest BCUT2D eigenvalue weighted by Gasteiger charge is -2.19. The molecule has 0 radical (unpaired) electrons. The third-order valence-electron chi connectivity index (χ3n) is 3.34. The van der Waals surface area contributed by atoms with Gasteiger partial charge in [0.25, 0.3) is 0 Å². The number of hydrogen-bond acceptors (Lipinski definition) is 4. The van der Waals surface area contributed by atoms with Gasteiger partial charge in [0.2, 0.25) is 0 Å². The molecule has 1 N–H and O–H groups in total. The summed E-state index contributed by atoms with van der Waals surface area (Å²) in [7, 11) is -1.10. The van der Waals surface area contributed by atoms with Gasteiger partial charge in [-0.1, -0.05) is 12.1 Å². The molecule has 0 aliphatic carbocycles. The summed E-state index contributed by atoms with van der Waals surface area (Å²) in [6, 6.07) is 8.55. The summed E-state index contributed by atoms with van der Waals surface area (Å²) in [6.07, 6.45) is 0. The Morgan fingerprint density at radius 3 is 2.50 bits per heavy atom. The molecule has 0 fully saturated rings. The number of rotatable bonds is 6. The smallest absolute Gasteiger partial charge is 0.156 e. The van der Waals surface area contributed by atoms with Crippen LogP contribution in [0.2, 0.25) is 0 Å². The van der Waals surface area contributed by atoms with Crippen LogP contribution in [0.1, 0.15) is 39.3 Å². The maximum atomic E-state index is 12.0. The second kappa shape index (κ2) is 6.96. The van der Waals surface area contributed by atoms with Crippen LogP contribution < -0.4 is 5.32 Å². The van der Waals surface area contributed by atoms with Crippen molar-refractivity contribution in [2.45, 2.75) is 43.4 Å². The molecular weight excluding hydrogens is 290 g/mol. The van der Waals surface area contributed by atoms with Gasteiger partial charge in [-0.2, -0.15) is 0 Å². The van der Waals surface area contributed by atoms with Crippen LogP contribution in [0.5, 0.6) is 0 Å². The van der Waals surface area contributed by atoms with E-state index in [4.69, 9.17) is 0 Å². The number of thioether (sulfide) groups is 1. The van der Waals surface area contributed by atoms with E-state index in [9.17, 15) is 8.42 Å². The van der Waals surface area contributed by atoms with Crippen molar-refractivity contribution in [1.82, 2.24) is 5.32 Å². The minimum atomic E-state index is -3.03. The number of hydrogen-bond donors (Lipinski definition) is 1. The second-order valence-corrected chi connectivity index (χ2v) is 9.89. The Bertz CT molecular complexity index is 533. The molecule has 0 aliphatic rings. The summed E-state index contributed by atoms with van der Waals surface area (Å²) < 4.78 is 23.4. The Kier molecular flexibility index (Phi) is 6.10. The summed E-state index contributed by atoms with van der Waals surface area (Å²) in [5.74, 6) is 0.809. The lowest BCUT2D eigenvalue weighted by molar-refractivity contribution is 0.562. The number of benzene rings is 1. The first-order chi connectivity index (χ1) is 9.17. The van der Waals surface area contributed by atoms with E-state index in [1.54, 1.807) is 32.5 Å². The fourth-order valence-electron chi connectivity index (χ4n) is 1.62. The number of nitrogens with one attached hydrogen (secondary N) is 1. The third kappa shape index (κ3) is 4.79. The van der Waals surface area contributed by atoms with Gasteiger partial charge in [0, 0.05) is 16.7 Å². The molecule has 0 aliphatic heterocycles. The van der Waals surface area contributed by atoms with Gasteiger partial charge in [0.1, 0.15) is 0 Å². The molecule has 1 aromatic carbocycles. The van der Waals surface area contributed by atoms with Crippen LogP contribution in [0.4, 0.5) is 0 Å². The van der Waals surface area contributed by atoms with Gasteiger partial charge in [-0.15, -0.1) is 11.8 Å². The van der Waals surface area contributed by atoms with E-state index in [1.165, 1.54) is 5.56 Å². The van der Waals surface area contributed by atoms with Gasteiger partial charge in [-0.3, -0.25) is 0 Å². The molecule has 0 bridgehead atoms. The Labute approximate surface area is 127 Å². The van der Waals surface area contributed by atoms with E-state index >= 15 is 0 Å². The molecule has 1 unspecified atom stereocenters. The van der Waals surface area contributed by atoms with Gasteiger partial charge in [-0.25, -0.2) is 8.42 Å². The highest BCUT2D eigenvalue weighted by molar-refractivity contribution is 8.01.